The van der Waals surface area contributed by atoms with Gasteiger partial charge in [0.1, 0.15) is 0 Å². The molecule has 0 aliphatic heterocycles. The van der Waals surface area contributed by atoms with Crippen molar-refractivity contribution in [3.8, 4) is 5.75 Å². The zero-order valence-corrected chi connectivity index (χ0v) is 17.3. The molecule has 0 spiro atoms. The van der Waals surface area contributed by atoms with Crippen molar-refractivity contribution < 1.29 is 9.13 Å². The molecule has 0 saturated heterocycles. The molecular formula is C21H30FN5O. The fourth-order valence-electron chi connectivity index (χ4n) is 3.12. The molecule has 0 amide bonds. The number of benzene rings is 1. The van der Waals surface area contributed by atoms with Gasteiger partial charge in [-0.2, -0.15) is 5.10 Å². The maximum Gasteiger partial charge on any atom is 0.191 e. The van der Waals surface area contributed by atoms with Crippen LogP contribution in [-0.2, 0) is 13.6 Å². The number of rotatable bonds is 7. The minimum atomic E-state index is -0.323. The Morgan fingerprint density at radius 1 is 1.39 bits per heavy atom. The van der Waals surface area contributed by atoms with Gasteiger partial charge in [0.15, 0.2) is 17.5 Å². The highest BCUT2D eigenvalue weighted by Crippen LogP contribution is 2.30. The molecule has 1 saturated carbocycles. The van der Waals surface area contributed by atoms with E-state index in [1.54, 1.807) is 13.1 Å². The highest BCUT2D eigenvalue weighted by molar-refractivity contribution is 5.80. The number of hydrogen-bond acceptors (Lipinski definition) is 3. The molecule has 28 heavy (non-hydrogen) atoms. The van der Waals surface area contributed by atoms with Gasteiger partial charge in [-0.1, -0.05) is 6.07 Å². The third kappa shape index (κ3) is 4.82. The van der Waals surface area contributed by atoms with E-state index in [4.69, 9.17) is 4.74 Å². The fraction of sp³-hybridized carbons (Fsp3) is 0.524. The molecule has 2 aromatic rings. The molecule has 7 heteroatoms. The second-order valence-electron chi connectivity index (χ2n) is 7.51. The van der Waals surface area contributed by atoms with Crippen LogP contribution in [-0.4, -0.2) is 29.4 Å². The molecule has 6 nitrogen and oxygen atoms in total. The van der Waals surface area contributed by atoms with E-state index in [1.807, 2.05) is 38.6 Å². The van der Waals surface area contributed by atoms with Crippen LogP contribution in [0.3, 0.4) is 0 Å². The summed E-state index contributed by atoms with van der Waals surface area (Å²) >= 11 is 0. The van der Waals surface area contributed by atoms with Crippen LogP contribution >= 0.6 is 0 Å². The summed E-state index contributed by atoms with van der Waals surface area (Å²) in [5.41, 5.74) is 4.12. The van der Waals surface area contributed by atoms with Crippen LogP contribution < -0.4 is 15.4 Å². The number of guanidine groups is 1. The van der Waals surface area contributed by atoms with Crippen LogP contribution in [0.15, 0.2) is 23.2 Å². The molecule has 2 N–H and O–H groups in total. The largest absolute Gasteiger partial charge is 0.490 e. The Morgan fingerprint density at radius 3 is 2.71 bits per heavy atom. The van der Waals surface area contributed by atoms with E-state index in [0.717, 1.165) is 22.5 Å². The molecule has 1 unspecified atom stereocenters. The summed E-state index contributed by atoms with van der Waals surface area (Å²) in [6.07, 6.45) is 2.37. The van der Waals surface area contributed by atoms with Crippen molar-refractivity contribution in [2.24, 2.45) is 18.0 Å². The zero-order chi connectivity index (χ0) is 20.3. The van der Waals surface area contributed by atoms with E-state index < -0.39 is 0 Å². The number of aliphatic imine (C=N–C) groups is 1. The molecule has 1 aromatic heterocycles. The van der Waals surface area contributed by atoms with Crippen molar-refractivity contribution >= 4 is 5.96 Å². The maximum atomic E-state index is 14.4. The Kier molecular flexibility index (Phi) is 6.21. The van der Waals surface area contributed by atoms with Crippen LogP contribution in [0.2, 0.25) is 0 Å². The zero-order valence-electron chi connectivity index (χ0n) is 17.3. The van der Waals surface area contributed by atoms with Crippen molar-refractivity contribution in [1.82, 2.24) is 20.4 Å². The number of hydrogen-bond donors (Lipinski definition) is 2. The third-order valence-electron chi connectivity index (χ3n) is 5.30. The molecule has 0 bridgehead atoms. The molecule has 1 atom stereocenters. The van der Waals surface area contributed by atoms with Crippen molar-refractivity contribution in [2.75, 3.05) is 13.7 Å². The summed E-state index contributed by atoms with van der Waals surface area (Å²) in [5.74, 6) is 1.26. The normalized spacial score (nSPS) is 15.4. The van der Waals surface area contributed by atoms with Crippen molar-refractivity contribution in [3.05, 3.63) is 46.5 Å². The Bertz CT molecular complexity index is 857. The van der Waals surface area contributed by atoms with Gasteiger partial charge >= 0.3 is 0 Å². The lowest BCUT2D eigenvalue weighted by atomic mass is 10.1. The molecular weight excluding hydrogens is 357 g/mol. The molecule has 3 rings (SSSR count). The van der Waals surface area contributed by atoms with E-state index in [0.29, 0.717) is 30.8 Å². The quantitative estimate of drug-likeness (QED) is 0.565. The van der Waals surface area contributed by atoms with Crippen LogP contribution in [0.5, 0.6) is 5.75 Å². The van der Waals surface area contributed by atoms with Crippen LogP contribution in [0.1, 0.15) is 48.3 Å². The highest BCUT2D eigenvalue weighted by Gasteiger charge is 2.22. The second kappa shape index (κ2) is 8.63. The van der Waals surface area contributed by atoms with Crippen LogP contribution in [0, 0.1) is 25.6 Å². The summed E-state index contributed by atoms with van der Waals surface area (Å²) in [5, 5.41) is 11.1. The lowest BCUT2D eigenvalue weighted by molar-refractivity contribution is 0.285. The number of aromatic nitrogens is 2. The van der Waals surface area contributed by atoms with E-state index in [9.17, 15) is 4.39 Å². The summed E-state index contributed by atoms with van der Waals surface area (Å²) in [7, 11) is 3.66. The lowest BCUT2D eigenvalue weighted by Gasteiger charge is -2.19. The van der Waals surface area contributed by atoms with Gasteiger partial charge in [-0.15, -0.1) is 0 Å². The SMILES string of the molecule is CN=C(NCc1c(C)nn(C)c1C)NC(C)c1ccc(OCC2CC2)c(F)c1. The first-order valence-electron chi connectivity index (χ1n) is 9.77. The smallest absolute Gasteiger partial charge is 0.191 e. The molecule has 1 aliphatic rings. The van der Waals surface area contributed by atoms with Gasteiger partial charge in [0, 0.05) is 31.9 Å². The van der Waals surface area contributed by atoms with Gasteiger partial charge in [0.25, 0.3) is 0 Å². The Labute approximate surface area is 166 Å². The predicted octanol–water partition coefficient (Wildman–Crippen LogP) is 3.39. The summed E-state index contributed by atoms with van der Waals surface area (Å²) < 4.78 is 21.8. The van der Waals surface area contributed by atoms with Gasteiger partial charge < -0.3 is 15.4 Å². The van der Waals surface area contributed by atoms with E-state index in [1.165, 1.54) is 18.9 Å². The first-order valence-corrected chi connectivity index (χ1v) is 9.77. The standard InChI is InChI=1S/C21H30FN5O/c1-13(17-8-9-20(19(22)10-17)28-12-16-6-7-16)25-21(23-4)24-11-18-14(2)26-27(5)15(18)3/h8-10,13,16H,6-7,11-12H2,1-5H3,(H2,23,24,25). The number of halogens is 1. The highest BCUT2D eigenvalue weighted by atomic mass is 19.1. The Hall–Kier alpha value is -2.57. The van der Waals surface area contributed by atoms with E-state index in [-0.39, 0.29) is 11.9 Å². The Balaban J connectivity index is 1.58. The number of nitrogens with zero attached hydrogens (tertiary/aromatic N) is 3. The minimum Gasteiger partial charge on any atom is -0.490 e. The van der Waals surface area contributed by atoms with Crippen LogP contribution in [0.25, 0.3) is 0 Å². The topological polar surface area (TPSA) is 63.5 Å². The molecule has 1 fully saturated rings. The second-order valence-corrected chi connectivity index (χ2v) is 7.51. The van der Waals surface area contributed by atoms with E-state index >= 15 is 0 Å². The van der Waals surface area contributed by atoms with Gasteiger partial charge in [-0.25, -0.2) is 4.39 Å². The molecule has 1 heterocycles. The number of ether oxygens (including phenoxy) is 1. The maximum absolute atomic E-state index is 14.4. The van der Waals surface area contributed by atoms with Crippen molar-refractivity contribution in [1.29, 1.82) is 0 Å². The van der Waals surface area contributed by atoms with Crippen molar-refractivity contribution in [3.63, 3.8) is 0 Å². The monoisotopic (exact) mass is 387 g/mol. The molecule has 1 aromatic carbocycles. The van der Waals surface area contributed by atoms with Gasteiger partial charge in [-0.3, -0.25) is 9.67 Å². The van der Waals surface area contributed by atoms with Gasteiger partial charge in [0.2, 0.25) is 0 Å². The fourth-order valence-corrected chi connectivity index (χ4v) is 3.12. The molecule has 0 radical (unpaired) electrons. The Morgan fingerprint density at radius 2 is 2.14 bits per heavy atom. The van der Waals surface area contributed by atoms with Gasteiger partial charge in [-0.05, 0) is 57.2 Å². The summed E-state index contributed by atoms with van der Waals surface area (Å²) in [6, 6.07) is 5.03. The summed E-state index contributed by atoms with van der Waals surface area (Å²) in [4.78, 5) is 4.28. The minimum absolute atomic E-state index is 0.103. The van der Waals surface area contributed by atoms with E-state index in [2.05, 4.69) is 20.7 Å². The first kappa shape index (κ1) is 20.2. The molecule has 1 aliphatic carbocycles. The van der Waals surface area contributed by atoms with Crippen molar-refractivity contribution in [2.45, 2.75) is 46.2 Å². The van der Waals surface area contributed by atoms with Gasteiger partial charge in [0.05, 0.1) is 18.3 Å². The predicted molar refractivity (Wildman–Crippen MR) is 109 cm³/mol. The lowest BCUT2D eigenvalue weighted by Crippen LogP contribution is -2.38. The number of aryl methyl sites for hydroxylation is 2. The average Bonchev–Trinajstić information content (AvgIpc) is 3.46. The number of nitrogens with one attached hydrogen (secondary N) is 2. The summed E-state index contributed by atoms with van der Waals surface area (Å²) in [6.45, 7) is 7.25. The third-order valence-corrected chi connectivity index (χ3v) is 5.30. The van der Waals surface area contributed by atoms with Crippen LogP contribution in [0.4, 0.5) is 4.39 Å². The first-order chi connectivity index (χ1) is 13.4. The average molecular weight is 388 g/mol. The molecule has 152 valence electrons.